The summed E-state index contributed by atoms with van der Waals surface area (Å²) >= 11 is 5.97. The number of hydrogen-bond donors (Lipinski definition) is 1. The Labute approximate surface area is 151 Å². The average molecular weight is 355 g/mol. The van der Waals surface area contributed by atoms with Gasteiger partial charge < -0.3 is 10.6 Å². The van der Waals surface area contributed by atoms with E-state index in [2.05, 4.69) is 0 Å². The molecule has 5 heteroatoms. The molecule has 0 saturated carbocycles. The van der Waals surface area contributed by atoms with Crippen LogP contribution in [0.5, 0.6) is 0 Å². The van der Waals surface area contributed by atoms with Gasteiger partial charge in [-0.15, -0.1) is 0 Å². The van der Waals surface area contributed by atoms with Crippen molar-refractivity contribution >= 4 is 35.2 Å². The van der Waals surface area contributed by atoms with E-state index in [9.17, 15) is 9.59 Å². The van der Waals surface area contributed by atoms with E-state index < -0.39 is 0 Å². The van der Waals surface area contributed by atoms with Crippen molar-refractivity contribution in [3.63, 3.8) is 0 Å². The summed E-state index contributed by atoms with van der Waals surface area (Å²) in [5, 5.41) is 0.621. The Hall–Kier alpha value is -2.59. The molecule has 0 unspecified atom stereocenters. The molecule has 3 rings (SSSR count). The van der Waals surface area contributed by atoms with Gasteiger partial charge in [-0.2, -0.15) is 0 Å². The van der Waals surface area contributed by atoms with E-state index >= 15 is 0 Å². The van der Waals surface area contributed by atoms with Crippen LogP contribution in [-0.4, -0.2) is 17.9 Å². The molecule has 2 aromatic rings. The van der Waals surface area contributed by atoms with Gasteiger partial charge in [0.05, 0.1) is 5.92 Å². The van der Waals surface area contributed by atoms with E-state index in [4.69, 9.17) is 17.3 Å². The SMILES string of the molecule is C[C@H]1C[C@H](C(N)=O)c2ccccc2N1C(=O)/C=C/c1cccc(Cl)c1. The number of amides is 2. The lowest BCUT2D eigenvalue weighted by atomic mass is 9.85. The summed E-state index contributed by atoms with van der Waals surface area (Å²) in [6, 6.07) is 14.6. The van der Waals surface area contributed by atoms with Gasteiger partial charge in [0, 0.05) is 22.8 Å². The van der Waals surface area contributed by atoms with Crippen molar-refractivity contribution in [2.24, 2.45) is 5.73 Å². The highest BCUT2D eigenvalue weighted by Crippen LogP contribution is 2.38. The minimum Gasteiger partial charge on any atom is -0.369 e. The van der Waals surface area contributed by atoms with Crippen LogP contribution in [-0.2, 0) is 9.59 Å². The predicted octanol–water partition coefficient (Wildman–Crippen LogP) is 3.75. The van der Waals surface area contributed by atoms with Crippen LogP contribution in [0.2, 0.25) is 5.02 Å². The predicted molar refractivity (Wildman–Crippen MR) is 100 cm³/mol. The summed E-state index contributed by atoms with van der Waals surface area (Å²) in [7, 11) is 0. The topological polar surface area (TPSA) is 63.4 Å². The van der Waals surface area contributed by atoms with Crippen LogP contribution in [0, 0.1) is 0 Å². The molecule has 2 N–H and O–H groups in total. The van der Waals surface area contributed by atoms with Crippen molar-refractivity contribution in [1.82, 2.24) is 0 Å². The number of rotatable bonds is 3. The maximum Gasteiger partial charge on any atom is 0.251 e. The van der Waals surface area contributed by atoms with Crippen molar-refractivity contribution in [2.45, 2.75) is 25.3 Å². The highest BCUT2D eigenvalue weighted by Gasteiger charge is 2.35. The summed E-state index contributed by atoms with van der Waals surface area (Å²) in [5.74, 6) is -0.865. The molecule has 1 aliphatic rings. The molecule has 25 heavy (non-hydrogen) atoms. The minimum absolute atomic E-state index is 0.121. The number of hydrogen-bond acceptors (Lipinski definition) is 2. The number of nitrogens with zero attached hydrogens (tertiary/aromatic N) is 1. The third-order valence-electron chi connectivity index (χ3n) is 4.44. The summed E-state index contributed by atoms with van der Waals surface area (Å²) in [6.07, 6.45) is 3.79. The molecule has 0 aromatic heterocycles. The van der Waals surface area contributed by atoms with Crippen molar-refractivity contribution < 1.29 is 9.59 Å². The molecule has 2 aromatic carbocycles. The number of fused-ring (bicyclic) bond motifs is 1. The molecule has 2 atom stereocenters. The standard InChI is InChI=1S/C20H19ClN2O2/c1-13-11-17(20(22)25)16-7-2-3-8-18(16)23(13)19(24)10-9-14-5-4-6-15(21)12-14/h2-10,12-13,17H,11H2,1H3,(H2,22,25)/b10-9+/t13-,17-/m0/s1. The Balaban J connectivity index is 1.91. The number of anilines is 1. The summed E-state index contributed by atoms with van der Waals surface area (Å²) in [6.45, 7) is 1.93. The van der Waals surface area contributed by atoms with Crippen molar-refractivity contribution in [1.29, 1.82) is 0 Å². The third-order valence-corrected chi connectivity index (χ3v) is 4.67. The second kappa shape index (κ2) is 7.11. The smallest absolute Gasteiger partial charge is 0.251 e. The molecule has 0 saturated heterocycles. The molecule has 2 amide bonds. The van der Waals surface area contributed by atoms with Gasteiger partial charge in [-0.1, -0.05) is 41.9 Å². The molecule has 0 spiro atoms. The van der Waals surface area contributed by atoms with Crippen LogP contribution in [0.1, 0.15) is 30.4 Å². The number of primary amides is 1. The molecule has 0 radical (unpaired) electrons. The average Bonchev–Trinajstić information content (AvgIpc) is 2.59. The Kier molecular flexibility index (Phi) is 4.91. The van der Waals surface area contributed by atoms with E-state index in [0.717, 1.165) is 16.8 Å². The number of halogens is 1. The Bertz CT molecular complexity index is 847. The zero-order valence-electron chi connectivity index (χ0n) is 13.9. The Morgan fingerprint density at radius 1 is 1.20 bits per heavy atom. The van der Waals surface area contributed by atoms with Gasteiger partial charge in [0.1, 0.15) is 0 Å². The first-order valence-corrected chi connectivity index (χ1v) is 8.50. The monoisotopic (exact) mass is 354 g/mol. The van der Waals surface area contributed by atoms with Crippen LogP contribution in [0.4, 0.5) is 5.69 Å². The highest BCUT2D eigenvalue weighted by molar-refractivity contribution is 6.30. The molecule has 0 aliphatic carbocycles. The number of benzene rings is 2. The first-order valence-electron chi connectivity index (χ1n) is 8.12. The molecule has 0 bridgehead atoms. The maximum atomic E-state index is 12.8. The van der Waals surface area contributed by atoms with Crippen LogP contribution in [0.3, 0.4) is 0 Å². The fourth-order valence-electron chi connectivity index (χ4n) is 3.28. The van der Waals surface area contributed by atoms with Crippen LogP contribution < -0.4 is 10.6 Å². The first-order chi connectivity index (χ1) is 12.0. The minimum atomic E-state index is -0.368. The molecule has 128 valence electrons. The van der Waals surface area contributed by atoms with Crippen LogP contribution in [0.25, 0.3) is 6.08 Å². The summed E-state index contributed by atoms with van der Waals surface area (Å²) in [5.41, 5.74) is 7.95. The van der Waals surface area contributed by atoms with E-state index in [1.54, 1.807) is 23.1 Å². The maximum absolute atomic E-state index is 12.8. The van der Waals surface area contributed by atoms with Gasteiger partial charge >= 0.3 is 0 Å². The molecule has 1 aliphatic heterocycles. The number of carbonyl (C=O) groups excluding carboxylic acids is 2. The molecule has 0 fully saturated rings. The second-order valence-electron chi connectivity index (χ2n) is 6.20. The van der Waals surface area contributed by atoms with Gasteiger partial charge in [0.15, 0.2) is 0 Å². The fourth-order valence-corrected chi connectivity index (χ4v) is 3.47. The van der Waals surface area contributed by atoms with Crippen LogP contribution >= 0.6 is 11.6 Å². The lowest BCUT2D eigenvalue weighted by Crippen LogP contribution is -2.44. The van der Waals surface area contributed by atoms with Crippen LogP contribution in [0.15, 0.2) is 54.6 Å². The van der Waals surface area contributed by atoms with Gasteiger partial charge in [-0.25, -0.2) is 0 Å². The van der Waals surface area contributed by atoms with E-state index in [1.807, 2.05) is 43.3 Å². The fraction of sp³-hybridized carbons (Fsp3) is 0.200. The molecular formula is C20H19ClN2O2. The lowest BCUT2D eigenvalue weighted by Gasteiger charge is -2.37. The molecule has 4 nitrogen and oxygen atoms in total. The second-order valence-corrected chi connectivity index (χ2v) is 6.63. The van der Waals surface area contributed by atoms with Gasteiger partial charge in [-0.3, -0.25) is 9.59 Å². The normalized spacial score (nSPS) is 19.7. The molecular weight excluding hydrogens is 336 g/mol. The number of para-hydroxylation sites is 1. The Morgan fingerprint density at radius 3 is 2.68 bits per heavy atom. The Morgan fingerprint density at radius 2 is 1.96 bits per heavy atom. The quantitative estimate of drug-likeness (QED) is 0.853. The largest absolute Gasteiger partial charge is 0.369 e. The summed E-state index contributed by atoms with van der Waals surface area (Å²) in [4.78, 5) is 26.3. The van der Waals surface area contributed by atoms with Crippen molar-refractivity contribution in [2.75, 3.05) is 4.90 Å². The van der Waals surface area contributed by atoms with Crippen molar-refractivity contribution in [3.8, 4) is 0 Å². The van der Waals surface area contributed by atoms with E-state index in [1.165, 1.54) is 6.08 Å². The summed E-state index contributed by atoms with van der Waals surface area (Å²) < 4.78 is 0. The lowest BCUT2D eigenvalue weighted by molar-refractivity contribution is -0.120. The zero-order chi connectivity index (χ0) is 18.0. The van der Waals surface area contributed by atoms with Gasteiger partial charge in [-0.05, 0) is 48.7 Å². The molecule has 1 heterocycles. The number of carbonyl (C=O) groups is 2. The third kappa shape index (κ3) is 3.59. The van der Waals surface area contributed by atoms with Gasteiger partial charge in [0.25, 0.3) is 5.91 Å². The van der Waals surface area contributed by atoms with E-state index in [-0.39, 0.29) is 23.8 Å². The van der Waals surface area contributed by atoms with Gasteiger partial charge in [0.2, 0.25) is 5.91 Å². The van der Waals surface area contributed by atoms with E-state index in [0.29, 0.717) is 11.4 Å². The first kappa shape index (κ1) is 17.2. The number of nitrogens with two attached hydrogens (primary N) is 1. The highest BCUT2D eigenvalue weighted by atomic mass is 35.5. The zero-order valence-corrected chi connectivity index (χ0v) is 14.6. The van der Waals surface area contributed by atoms with Crippen molar-refractivity contribution in [3.05, 3.63) is 70.8 Å².